The third kappa shape index (κ3) is 8.56. The van der Waals surface area contributed by atoms with Crippen molar-refractivity contribution in [2.45, 2.75) is 51.8 Å². The summed E-state index contributed by atoms with van der Waals surface area (Å²) in [5.41, 5.74) is -0.466. The summed E-state index contributed by atoms with van der Waals surface area (Å²) in [6.07, 6.45) is 5.08. The van der Waals surface area contributed by atoms with Crippen LogP contribution >= 0.6 is 0 Å². The first kappa shape index (κ1) is 19.4. The first-order valence-electron chi connectivity index (χ1n) is 7.97. The molecule has 0 spiro atoms. The number of rotatable bonds is 9. The second kappa shape index (κ2) is 9.52. The van der Waals surface area contributed by atoms with Gasteiger partial charge < -0.3 is 24.7 Å². The molecule has 1 amide bonds. The van der Waals surface area contributed by atoms with Gasteiger partial charge in [0.2, 0.25) is 0 Å². The maximum absolute atomic E-state index is 11.6. The third-order valence-corrected chi connectivity index (χ3v) is 3.24. The van der Waals surface area contributed by atoms with Crippen LogP contribution < -0.4 is 10.6 Å². The largest absolute Gasteiger partial charge is 0.444 e. The molecule has 0 aromatic carbocycles. The minimum atomic E-state index is -0.466. The molecule has 0 radical (unpaired) electrons. The van der Waals surface area contributed by atoms with Crippen molar-refractivity contribution in [2.24, 2.45) is 7.05 Å². The molecule has 1 aromatic heterocycles. The summed E-state index contributed by atoms with van der Waals surface area (Å²) in [5.74, 6) is 0.984. The molecule has 132 valence electrons. The molecule has 0 saturated heterocycles. The zero-order valence-corrected chi connectivity index (χ0v) is 14.9. The molecule has 1 rings (SSSR count). The molecule has 0 aliphatic heterocycles. The fourth-order valence-electron chi connectivity index (χ4n) is 2.10. The van der Waals surface area contributed by atoms with Crippen molar-refractivity contribution in [3.63, 3.8) is 0 Å². The van der Waals surface area contributed by atoms with E-state index in [1.54, 1.807) is 13.3 Å². The van der Waals surface area contributed by atoms with Crippen LogP contribution in [0.2, 0.25) is 0 Å². The van der Waals surface area contributed by atoms with Crippen LogP contribution in [-0.2, 0) is 23.1 Å². The Morgan fingerprint density at radius 2 is 2.17 bits per heavy atom. The normalized spacial score (nSPS) is 12.9. The smallest absolute Gasteiger partial charge is 0.407 e. The highest BCUT2D eigenvalue weighted by atomic mass is 16.6. The number of nitrogens with one attached hydrogen (secondary N) is 2. The Morgan fingerprint density at radius 1 is 1.43 bits per heavy atom. The van der Waals surface area contributed by atoms with E-state index >= 15 is 0 Å². The molecule has 1 heterocycles. The van der Waals surface area contributed by atoms with Crippen LogP contribution in [0.4, 0.5) is 4.79 Å². The van der Waals surface area contributed by atoms with E-state index in [0.29, 0.717) is 19.7 Å². The van der Waals surface area contributed by atoms with Gasteiger partial charge in [-0.1, -0.05) is 0 Å². The van der Waals surface area contributed by atoms with Crippen LogP contribution in [0.5, 0.6) is 0 Å². The second-order valence-corrected chi connectivity index (χ2v) is 6.56. The Bertz CT molecular complexity index is 468. The lowest BCUT2D eigenvalue weighted by atomic mass is 10.1. The molecule has 23 heavy (non-hydrogen) atoms. The molecule has 0 aliphatic rings. The Kier molecular flexibility index (Phi) is 8.05. The number of imidazole rings is 1. The number of nitrogens with zero attached hydrogens (tertiary/aromatic N) is 2. The molecular formula is C16H30N4O3. The minimum absolute atomic E-state index is 0.220. The fraction of sp³-hybridized carbons (Fsp3) is 0.750. The molecule has 1 unspecified atom stereocenters. The topological polar surface area (TPSA) is 77.4 Å². The average molecular weight is 326 g/mol. The number of hydrogen-bond donors (Lipinski definition) is 2. The maximum atomic E-state index is 11.6. The summed E-state index contributed by atoms with van der Waals surface area (Å²) in [7, 11) is 3.66. The molecule has 0 aliphatic carbocycles. The van der Waals surface area contributed by atoms with Gasteiger partial charge in [0.05, 0.1) is 13.2 Å². The highest BCUT2D eigenvalue weighted by Crippen LogP contribution is 2.06. The van der Waals surface area contributed by atoms with Crippen LogP contribution in [-0.4, -0.2) is 47.5 Å². The highest BCUT2D eigenvalue weighted by Gasteiger charge is 2.16. The van der Waals surface area contributed by atoms with Crippen LogP contribution in [0.3, 0.4) is 0 Å². The zero-order valence-electron chi connectivity index (χ0n) is 14.9. The van der Waals surface area contributed by atoms with Crippen molar-refractivity contribution < 1.29 is 14.3 Å². The number of carbonyl (C=O) groups is 1. The summed E-state index contributed by atoms with van der Waals surface area (Å²) in [4.78, 5) is 15.9. The Hall–Kier alpha value is -1.60. The highest BCUT2D eigenvalue weighted by molar-refractivity contribution is 5.67. The quantitative estimate of drug-likeness (QED) is 0.677. The van der Waals surface area contributed by atoms with Gasteiger partial charge in [0.25, 0.3) is 0 Å². The average Bonchev–Trinajstić information content (AvgIpc) is 2.84. The van der Waals surface area contributed by atoms with Gasteiger partial charge in [0, 0.05) is 39.1 Å². The predicted octanol–water partition coefficient (Wildman–Crippen LogP) is 1.83. The van der Waals surface area contributed by atoms with E-state index < -0.39 is 5.60 Å². The number of alkyl carbamates (subject to hydrolysis) is 1. The van der Waals surface area contributed by atoms with Gasteiger partial charge in [-0.25, -0.2) is 9.78 Å². The summed E-state index contributed by atoms with van der Waals surface area (Å²) in [6, 6.07) is 0.220. The van der Waals surface area contributed by atoms with E-state index in [1.807, 2.05) is 38.6 Å². The second-order valence-electron chi connectivity index (χ2n) is 6.56. The molecule has 2 N–H and O–H groups in total. The van der Waals surface area contributed by atoms with E-state index in [1.165, 1.54) is 0 Å². The number of carbonyl (C=O) groups excluding carboxylic acids is 1. The number of methoxy groups -OCH3 is 1. The van der Waals surface area contributed by atoms with Crippen LogP contribution in [0.15, 0.2) is 12.4 Å². The monoisotopic (exact) mass is 326 g/mol. The number of aromatic nitrogens is 2. The Labute approximate surface area is 138 Å². The van der Waals surface area contributed by atoms with Gasteiger partial charge in [-0.05, 0) is 33.6 Å². The molecule has 1 aromatic rings. The van der Waals surface area contributed by atoms with Crippen molar-refractivity contribution in [2.75, 3.05) is 20.3 Å². The van der Waals surface area contributed by atoms with E-state index in [-0.39, 0.29) is 12.1 Å². The van der Waals surface area contributed by atoms with E-state index in [4.69, 9.17) is 9.47 Å². The number of hydrogen-bond acceptors (Lipinski definition) is 5. The Balaban J connectivity index is 2.25. The molecule has 7 nitrogen and oxygen atoms in total. The summed E-state index contributed by atoms with van der Waals surface area (Å²) < 4.78 is 12.4. The molecular weight excluding hydrogens is 296 g/mol. The standard InChI is InChI=1S/C16H30N4O3/c1-16(2,3)23-15(21)18-8-6-7-13(12-22-5)19-11-14-17-9-10-20(14)4/h9-10,13,19H,6-8,11-12H2,1-5H3,(H,18,21). The van der Waals surface area contributed by atoms with Gasteiger partial charge in [0.1, 0.15) is 11.4 Å². The lowest BCUT2D eigenvalue weighted by molar-refractivity contribution is 0.0526. The van der Waals surface area contributed by atoms with Gasteiger partial charge in [0.15, 0.2) is 0 Å². The van der Waals surface area contributed by atoms with Crippen molar-refractivity contribution >= 4 is 6.09 Å². The van der Waals surface area contributed by atoms with E-state index in [9.17, 15) is 4.79 Å². The van der Waals surface area contributed by atoms with Crippen LogP contribution in [0.1, 0.15) is 39.4 Å². The summed E-state index contributed by atoms with van der Waals surface area (Å²) in [5, 5.41) is 6.21. The fourth-order valence-corrected chi connectivity index (χ4v) is 2.10. The summed E-state index contributed by atoms with van der Waals surface area (Å²) >= 11 is 0. The molecule has 7 heteroatoms. The summed E-state index contributed by atoms with van der Waals surface area (Å²) in [6.45, 7) is 7.45. The number of ether oxygens (including phenoxy) is 2. The lowest BCUT2D eigenvalue weighted by Gasteiger charge is -2.20. The van der Waals surface area contributed by atoms with Crippen molar-refractivity contribution in [3.05, 3.63) is 18.2 Å². The molecule has 0 fully saturated rings. The van der Waals surface area contributed by atoms with Crippen molar-refractivity contribution in [1.82, 2.24) is 20.2 Å². The zero-order chi connectivity index (χ0) is 17.3. The van der Waals surface area contributed by atoms with Crippen molar-refractivity contribution in [1.29, 1.82) is 0 Å². The SMILES string of the molecule is COCC(CCCNC(=O)OC(C)(C)C)NCc1nccn1C. The van der Waals surface area contributed by atoms with Crippen molar-refractivity contribution in [3.8, 4) is 0 Å². The molecule has 1 atom stereocenters. The minimum Gasteiger partial charge on any atom is -0.444 e. The van der Waals surface area contributed by atoms with E-state index in [0.717, 1.165) is 18.7 Å². The van der Waals surface area contributed by atoms with Gasteiger partial charge in [-0.2, -0.15) is 0 Å². The van der Waals surface area contributed by atoms with Crippen LogP contribution in [0, 0.1) is 0 Å². The first-order valence-corrected chi connectivity index (χ1v) is 7.97. The van der Waals surface area contributed by atoms with Gasteiger partial charge >= 0.3 is 6.09 Å². The van der Waals surface area contributed by atoms with Gasteiger partial charge in [-0.3, -0.25) is 0 Å². The van der Waals surface area contributed by atoms with Crippen LogP contribution in [0.25, 0.3) is 0 Å². The third-order valence-electron chi connectivity index (χ3n) is 3.24. The number of amides is 1. The Morgan fingerprint density at radius 3 is 2.74 bits per heavy atom. The number of aryl methyl sites for hydroxylation is 1. The first-order chi connectivity index (χ1) is 10.8. The molecule has 0 saturated carbocycles. The van der Waals surface area contributed by atoms with E-state index in [2.05, 4.69) is 15.6 Å². The molecule has 0 bridgehead atoms. The lowest BCUT2D eigenvalue weighted by Crippen LogP contribution is -2.36. The maximum Gasteiger partial charge on any atom is 0.407 e. The predicted molar refractivity (Wildman–Crippen MR) is 89.2 cm³/mol. The van der Waals surface area contributed by atoms with Gasteiger partial charge in [-0.15, -0.1) is 0 Å².